The van der Waals surface area contributed by atoms with Gasteiger partial charge in [-0.3, -0.25) is 0 Å². The van der Waals surface area contributed by atoms with Crippen LogP contribution in [0.15, 0.2) is 152 Å². The lowest BCUT2D eigenvalue weighted by Gasteiger charge is -2.32. The van der Waals surface area contributed by atoms with Crippen LogP contribution in [0.1, 0.15) is 23.2 Å². The summed E-state index contributed by atoms with van der Waals surface area (Å²) in [5.74, 6) is 0. The van der Waals surface area contributed by atoms with Crippen LogP contribution in [0.25, 0.3) is 0 Å². The number of nitrogens with zero attached hydrogens (tertiary/aromatic N) is 2. The quantitative estimate of drug-likeness (QED) is 0.102. The fourth-order valence-corrected chi connectivity index (χ4v) is 7.86. The second-order valence-corrected chi connectivity index (χ2v) is 11.9. The monoisotopic (exact) mass is 588 g/mol. The minimum Gasteiger partial charge on any atom is -0.360 e. The molecule has 0 amide bonds. The van der Waals surface area contributed by atoms with Gasteiger partial charge in [0.05, 0.1) is 18.7 Å². The summed E-state index contributed by atoms with van der Waals surface area (Å²) >= 11 is 5.56. The van der Waals surface area contributed by atoms with Crippen molar-refractivity contribution in [3.8, 4) is 0 Å². The molecule has 5 aromatic rings. The lowest BCUT2D eigenvalue weighted by atomic mass is 9.92. The Morgan fingerprint density at radius 1 is 0.595 bits per heavy atom. The van der Waals surface area contributed by atoms with E-state index in [2.05, 4.69) is 141 Å². The molecule has 42 heavy (non-hydrogen) atoms. The minimum atomic E-state index is -1.27. The molecular formula is C35H33N4OPS. The van der Waals surface area contributed by atoms with Crippen LogP contribution in [0.4, 0.5) is 17.1 Å². The van der Waals surface area contributed by atoms with Crippen molar-refractivity contribution in [3.63, 3.8) is 0 Å². The molecule has 1 saturated heterocycles. The lowest BCUT2D eigenvalue weighted by molar-refractivity contribution is 0.356. The summed E-state index contributed by atoms with van der Waals surface area (Å²) in [5.41, 5.74) is 5.71. The molecule has 0 unspecified atom stereocenters. The van der Waals surface area contributed by atoms with Crippen LogP contribution in [-0.4, -0.2) is 18.3 Å². The van der Waals surface area contributed by atoms with Gasteiger partial charge in [0.15, 0.2) is 5.11 Å². The first-order valence-corrected chi connectivity index (χ1v) is 15.7. The Morgan fingerprint density at radius 2 is 1.00 bits per heavy atom. The Hall–Kier alpha value is -4.22. The summed E-state index contributed by atoms with van der Waals surface area (Å²) in [6, 6.07) is 52.8. The summed E-state index contributed by atoms with van der Waals surface area (Å²) in [7, 11) is -1.27. The molecule has 0 aromatic heterocycles. The van der Waals surface area contributed by atoms with Crippen molar-refractivity contribution in [3.05, 3.63) is 163 Å². The highest BCUT2D eigenvalue weighted by Gasteiger charge is 2.50. The summed E-state index contributed by atoms with van der Waals surface area (Å²) < 4.78 is 11.9. The van der Waals surface area contributed by atoms with Crippen molar-refractivity contribution in [2.75, 3.05) is 27.8 Å². The van der Waals surface area contributed by atoms with Gasteiger partial charge >= 0.3 is 0 Å². The number of para-hydroxylation sites is 3. The van der Waals surface area contributed by atoms with Gasteiger partial charge in [0, 0.05) is 23.6 Å². The number of hydrogen-bond acceptors (Lipinski definition) is 4. The molecular weight excluding hydrogens is 555 g/mol. The van der Waals surface area contributed by atoms with Gasteiger partial charge in [-0.2, -0.15) is 0 Å². The normalized spacial score (nSPS) is 16.8. The Bertz CT molecular complexity index is 1460. The third kappa shape index (κ3) is 6.32. The van der Waals surface area contributed by atoms with Crippen LogP contribution in [0.5, 0.6) is 0 Å². The van der Waals surface area contributed by atoms with E-state index in [0.29, 0.717) is 18.3 Å². The van der Waals surface area contributed by atoms with Crippen molar-refractivity contribution in [1.29, 1.82) is 0 Å². The Balaban J connectivity index is 1.36. The van der Waals surface area contributed by atoms with E-state index in [1.165, 1.54) is 11.1 Å². The number of thiocarbonyl (C=S) groups is 1. The summed E-state index contributed by atoms with van der Waals surface area (Å²) in [6.45, 7) is 1.06. The van der Waals surface area contributed by atoms with Gasteiger partial charge in [-0.05, 0) is 59.7 Å². The van der Waals surface area contributed by atoms with Crippen LogP contribution >= 0.6 is 20.7 Å². The maximum Gasteiger partial charge on any atom is 0.249 e. The van der Waals surface area contributed by atoms with E-state index < -0.39 is 8.45 Å². The molecule has 5 aromatic carbocycles. The van der Waals surface area contributed by atoms with Gasteiger partial charge in [0.2, 0.25) is 8.45 Å². The summed E-state index contributed by atoms with van der Waals surface area (Å²) in [5, 5.41) is 7.14. The zero-order valence-corrected chi connectivity index (χ0v) is 24.9. The second-order valence-electron chi connectivity index (χ2n) is 9.90. The molecule has 0 saturated carbocycles. The van der Waals surface area contributed by atoms with Crippen molar-refractivity contribution in [1.82, 2.24) is 5.32 Å². The fraction of sp³-hybridized carbons (Fsp3) is 0.114. The first-order valence-electron chi connectivity index (χ1n) is 14.1. The number of anilines is 3. The first-order chi connectivity index (χ1) is 20.8. The highest BCUT2D eigenvalue weighted by molar-refractivity contribution is 7.80. The fourth-order valence-electron chi connectivity index (χ4n) is 5.32. The average Bonchev–Trinajstić information content (AvgIpc) is 3.40. The molecule has 210 valence electrons. The van der Waals surface area contributed by atoms with Gasteiger partial charge in [-0.25, -0.2) is 0 Å². The molecule has 2 atom stereocenters. The van der Waals surface area contributed by atoms with Gasteiger partial charge in [0.1, 0.15) is 0 Å². The van der Waals surface area contributed by atoms with E-state index in [1.807, 2.05) is 30.3 Å². The number of benzene rings is 5. The zero-order chi connectivity index (χ0) is 28.6. The van der Waals surface area contributed by atoms with Gasteiger partial charge in [-0.15, -0.1) is 0 Å². The molecule has 7 heteroatoms. The second kappa shape index (κ2) is 13.6. The minimum absolute atomic E-state index is 0.0242. The average molecular weight is 589 g/mol. The van der Waals surface area contributed by atoms with E-state index >= 15 is 0 Å². The number of hydrogen-bond donors (Lipinski definition) is 2. The van der Waals surface area contributed by atoms with Gasteiger partial charge in [0.25, 0.3) is 0 Å². The van der Waals surface area contributed by atoms with E-state index in [1.54, 1.807) is 0 Å². The van der Waals surface area contributed by atoms with Crippen LogP contribution in [0, 0.1) is 0 Å². The molecule has 2 N–H and O–H groups in total. The highest BCUT2D eigenvalue weighted by atomic mass is 32.1. The number of nitrogens with one attached hydrogen (secondary N) is 2. The third-order valence-corrected chi connectivity index (χ3v) is 9.50. The van der Waals surface area contributed by atoms with Crippen molar-refractivity contribution in [2.45, 2.75) is 12.1 Å². The van der Waals surface area contributed by atoms with Crippen molar-refractivity contribution < 1.29 is 4.52 Å². The third-order valence-electron chi connectivity index (χ3n) is 7.14. The molecule has 5 nitrogen and oxygen atoms in total. The first kappa shape index (κ1) is 27.9. The van der Waals surface area contributed by atoms with Crippen LogP contribution in [-0.2, 0) is 4.52 Å². The summed E-state index contributed by atoms with van der Waals surface area (Å²) in [4.78, 5) is 0. The number of rotatable bonds is 9. The Morgan fingerprint density at radius 3 is 1.45 bits per heavy atom. The van der Waals surface area contributed by atoms with Gasteiger partial charge < -0.3 is 24.5 Å². The van der Waals surface area contributed by atoms with Crippen LogP contribution in [0.3, 0.4) is 0 Å². The Labute approximate surface area is 254 Å². The topological polar surface area (TPSA) is 39.8 Å². The van der Waals surface area contributed by atoms with E-state index in [-0.39, 0.29) is 12.1 Å². The molecule has 1 aliphatic heterocycles. The molecule has 0 radical (unpaired) electrons. The lowest BCUT2D eigenvalue weighted by Crippen LogP contribution is -2.31. The molecule has 0 spiro atoms. The largest absolute Gasteiger partial charge is 0.360 e. The van der Waals surface area contributed by atoms with Crippen LogP contribution in [0.2, 0.25) is 0 Å². The van der Waals surface area contributed by atoms with Crippen molar-refractivity contribution >= 4 is 42.8 Å². The maximum atomic E-state index is 6.91. The van der Waals surface area contributed by atoms with Crippen molar-refractivity contribution in [2.24, 2.45) is 0 Å². The molecule has 6 rings (SSSR count). The Kier molecular flexibility index (Phi) is 9.06. The zero-order valence-electron chi connectivity index (χ0n) is 23.2. The molecule has 1 fully saturated rings. The molecule has 1 heterocycles. The maximum absolute atomic E-state index is 6.91. The molecule has 1 aliphatic rings. The predicted octanol–water partition coefficient (Wildman–Crippen LogP) is 8.73. The van der Waals surface area contributed by atoms with E-state index in [4.69, 9.17) is 16.7 Å². The SMILES string of the molecule is S=C(NCCOP1N(c2ccccc2)[C@H](c2ccccc2)[C@@H](c2ccccc2)N1c1ccccc1)Nc1ccccc1. The smallest absolute Gasteiger partial charge is 0.249 e. The highest BCUT2D eigenvalue weighted by Crippen LogP contribution is 2.67. The summed E-state index contributed by atoms with van der Waals surface area (Å²) in [6.07, 6.45) is 0. The molecule has 0 aliphatic carbocycles. The van der Waals surface area contributed by atoms with Crippen LogP contribution < -0.4 is 20.0 Å². The van der Waals surface area contributed by atoms with Gasteiger partial charge in [-0.1, -0.05) is 115 Å². The van der Waals surface area contributed by atoms with E-state index in [0.717, 1.165) is 17.1 Å². The molecule has 0 bridgehead atoms. The standard InChI is InChI=1S/C35H33N4OPS/c42-35(37-30-20-10-3-11-21-30)36-26-27-40-41-38(31-22-12-4-13-23-31)33(28-16-6-1-7-17-28)34(29-18-8-2-9-19-29)39(41)32-24-14-5-15-25-32/h1-25,33-34H,26-27H2,(H2,36,37,42)/t33-,34-/m1/s1. The predicted molar refractivity (Wildman–Crippen MR) is 180 cm³/mol. The van der Waals surface area contributed by atoms with E-state index in [9.17, 15) is 0 Å².